The summed E-state index contributed by atoms with van der Waals surface area (Å²) in [7, 11) is 2.18. The fourth-order valence-corrected chi connectivity index (χ4v) is 3.08. The Hall–Kier alpha value is -0.120. The van der Waals surface area contributed by atoms with Crippen LogP contribution < -0.4 is 0 Å². The van der Waals surface area contributed by atoms with Gasteiger partial charge in [-0.2, -0.15) is 0 Å². The lowest BCUT2D eigenvalue weighted by atomic mass is 9.91. The predicted molar refractivity (Wildman–Crippen MR) is 66.6 cm³/mol. The van der Waals surface area contributed by atoms with E-state index in [1.54, 1.807) is 0 Å². The van der Waals surface area contributed by atoms with Crippen molar-refractivity contribution in [2.75, 3.05) is 33.2 Å². The van der Waals surface area contributed by atoms with Crippen LogP contribution in [0.3, 0.4) is 0 Å². The van der Waals surface area contributed by atoms with Crippen molar-refractivity contribution in [1.82, 2.24) is 9.80 Å². The van der Waals surface area contributed by atoms with E-state index in [9.17, 15) is 5.11 Å². The zero-order valence-corrected chi connectivity index (χ0v) is 10.6. The third-order valence-corrected chi connectivity index (χ3v) is 4.23. The summed E-state index contributed by atoms with van der Waals surface area (Å²) in [5.74, 6) is 0. The first-order chi connectivity index (χ1) is 7.77. The lowest BCUT2D eigenvalue weighted by Gasteiger charge is -2.35. The molecule has 1 aliphatic carbocycles. The largest absolute Gasteiger partial charge is 0.391 e. The number of hydrogen-bond donors (Lipinski definition) is 1. The van der Waals surface area contributed by atoms with Gasteiger partial charge in [0.2, 0.25) is 0 Å². The van der Waals surface area contributed by atoms with Crippen LogP contribution in [-0.4, -0.2) is 60.3 Å². The van der Waals surface area contributed by atoms with Crippen LogP contribution in [0.2, 0.25) is 0 Å². The molecule has 94 valence electrons. The molecule has 0 bridgehead atoms. The topological polar surface area (TPSA) is 26.7 Å². The fourth-order valence-electron chi connectivity index (χ4n) is 3.08. The molecule has 0 radical (unpaired) electrons. The first kappa shape index (κ1) is 12.3. The number of aliphatic hydroxyl groups is 1. The van der Waals surface area contributed by atoms with Crippen molar-refractivity contribution in [2.24, 2.45) is 0 Å². The van der Waals surface area contributed by atoms with E-state index in [0.29, 0.717) is 6.04 Å². The van der Waals surface area contributed by atoms with Crippen LogP contribution in [-0.2, 0) is 0 Å². The van der Waals surface area contributed by atoms with Gasteiger partial charge in [0.15, 0.2) is 0 Å². The number of hydrogen-bond acceptors (Lipinski definition) is 3. The zero-order valence-electron chi connectivity index (χ0n) is 10.6. The molecule has 0 amide bonds. The molecule has 0 spiro atoms. The van der Waals surface area contributed by atoms with Gasteiger partial charge in [-0.05, 0) is 45.8 Å². The van der Waals surface area contributed by atoms with Gasteiger partial charge < -0.3 is 10.0 Å². The fraction of sp³-hybridized carbons (Fsp3) is 1.00. The molecule has 2 atom stereocenters. The SMILES string of the molecule is CN(CCN1CCCC1)[C@@H]1CCCC[C@H]1O. The van der Waals surface area contributed by atoms with Gasteiger partial charge >= 0.3 is 0 Å². The van der Waals surface area contributed by atoms with Gasteiger partial charge in [-0.15, -0.1) is 0 Å². The summed E-state index contributed by atoms with van der Waals surface area (Å²) in [6, 6.07) is 0.413. The van der Waals surface area contributed by atoms with Crippen molar-refractivity contribution in [3.8, 4) is 0 Å². The molecule has 1 aliphatic heterocycles. The number of aliphatic hydroxyl groups excluding tert-OH is 1. The molecule has 0 aromatic heterocycles. The Labute approximate surface area is 99.4 Å². The molecule has 1 heterocycles. The average molecular weight is 226 g/mol. The standard InChI is InChI=1S/C13H26N2O/c1-14(10-11-15-8-4-5-9-15)12-6-2-3-7-13(12)16/h12-13,16H,2-11H2,1H3/t12-,13-/m1/s1. The summed E-state index contributed by atoms with van der Waals surface area (Å²) in [5, 5.41) is 9.98. The van der Waals surface area contributed by atoms with Crippen LogP contribution in [0.4, 0.5) is 0 Å². The van der Waals surface area contributed by atoms with Crippen LogP contribution in [0.15, 0.2) is 0 Å². The number of likely N-dealkylation sites (tertiary alicyclic amines) is 1. The number of rotatable bonds is 4. The Morgan fingerprint density at radius 2 is 1.81 bits per heavy atom. The van der Waals surface area contributed by atoms with Crippen molar-refractivity contribution in [1.29, 1.82) is 0 Å². The van der Waals surface area contributed by atoms with Crippen LogP contribution in [0, 0.1) is 0 Å². The van der Waals surface area contributed by atoms with E-state index in [2.05, 4.69) is 16.8 Å². The highest BCUT2D eigenvalue weighted by atomic mass is 16.3. The van der Waals surface area contributed by atoms with Gasteiger partial charge in [0.25, 0.3) is 0 Å². The minimum Gasteiger partial charge on any atom is -0.391 e. The summed E-state index contributed by atoms with van der Waals surface area (Å²) in [4.78, 5) is 4.92. The molecule has 0 aromatic carbocycles. The smallest absolute Gasteiger partial charge is 0.0695 e. The van der Waals surface area contributed by atoms with E-state index in [1.165, 1.54) is 51.7 Å². The molecule has 0 aromatic rings. The van der Waals surface area contributed by atoms with Crippen LogP contribution in [0.1, 0.15) is 38.5 Å². The first-order valence-electron chi connectivity index (χ1n) is 6.88. The molecule has 3 heteroatoms. The summed E-state index contributed by atoms with van der Waals surface area (Å²) in [6.45, 7) is 4.85. The van der Waals surface area contributed by atoms with Gasteiger partial charge in [0.05, 0.1) is 6.10 Å². The van der Waals surface area contributed by atoms with Crippen molar-refractivity contribution in [2.45, 2.75) is 50.7 Å². The van der Waals surface area contributed by atoms with Crippen molar-refractivity contribution in [3.63, 3.8) is 0 Å². The highest BCUT2D eigenvalue weighted by Gasteiger charge is 2.26. The van der Waals surface area contributed by atoms with E-state index in [-0.39, 0.29) is 6.10 Å². The minimum atomic E-state index is -0.0858. The van der Waals surface area contributed by atoms with E-state index in [4.69, 9.17) is 0 Å². The van der Waals surface area contributed by atoms with E-state index < -0.39 is 0 Å². The molecule has 1 N–H and O–H groups in total. The molecule has 16 heavy (non-hydrogen) atoms. The molecular weight excluding hydrogens is 200 g/mol. The molecule has 2 fully saturated rings. The van der Waals surface area contributed by atoms with Gasteiger partial charge in [0.1, 0.15) is 0 Å². The third-order valence-electron chi connectivity index (χ3n) is 4.23. The van der Waals surface area contributed by atoms with Crippen LogP contribution >= 0.6 is 0 Å². The first-order valence-corrected chi connectivity index (χ1v) is 6.88. The normalized spacial score (nSPS) is 32.4. The van der Waals surface area contributed by atoms with Gasteiger partial charge in [0, 0.05) is 19.1 Å². The second-order valence-electron chi connectivity index (χ2n) is 5.45. The van der Waals surface area contributed by atoms with Gasteiger partial charge in [-0.3, -0.25) is 4.90 Å². The number of likely N-dealkylation sites (N-methyl/N-ethyl adjacent to an activating group) is 1. The van der Waals surface area contributed by atoms with E-state index in [0.717, 1.165) is 13.0 Å². The molecule has 2 rings (SSSR count). The van der Waals surface area contributed by atoms with E-state index >= 15 is 0 Å². The Morgan fingerprint density at radius 3 is 2.50 bits per heavy atom. The van der Waals surface area contributed by atoms with Crippen molar-refractivity contribution >= 4 is 0 Å². The molecule has 2 aliphatic rings. The monoisotopic (exact) mass is 226 g/mol. The predicted octanol–water partition coefficient (Wildman–Crippen LogP) is 1.32. The third kappa shape index (κ3) is 3.19. The molecule has 3 nitrogen and oxygen atoms in total. The zero-order chi connectivity index (χ0) is 11.4. The quantitative estimate of drug-likeness (QED) is 0.783. The summed E-state index contributed by atoms with van der Waals surface area (Å²) >= 11 is 0. The summed E-state index contributed by atoms with van der Waals surface area (Å²) < 4.78 is 0. The average Bonchev–Trinajstić information content (AvgIpc) is 2.79. The van der Waals surface area contributed by atoms with E-state index in [1.807, 2.05) is 0 Å². The van der Waals surface area contributed by atoms with Crippen LogP contribution in [0.5, 0.6) is 0 Å². The Bertz CT molecular complexity index is 204. The lowest BCUT2D eigenvalue weighted by Crippen LogP contribution is -2.45. The lowest BCUT2D eigenvalue weighted by molar-refractivity contribution is 0.0291. The Morgan fingerprint density at radius 1 is 1.12 bits per heavy atom. The Balaban J connectivity index is 1.71. The van der Waals surface area contributed by atoms with Gasteiger partial charge in [-0.25, -0.2) is 0 Å². The second-order valence-corrected chi connectivity index (χ2v) is 5.45. The van der Waals surface area contributed by atoms with Crippen molar-refractivity contribution in [3.05, 3.63) is 0 Å². The van der Waals surface area contributed by atoms with Crippen molar-refractivity contribution < 1.29 is 5.11 Å². The maximum absolute atomic E-state index is 9.98. The highest BCUT2D eigenvalue weighted by Crippen LogP contribution is 2.22. The number of nitrogens with zero attached hydrogens (tertiary/aromatic N) is 2. The maximum atomic E-state index is 9.98. The summed E-state index contributed by atoms with van der Waals surface area (Å²) in [6.07, 6.45) is 7.33. The molecular formula is C13H26N2O. The molecule has 1 saturated carbocycles. The molecule has 1 saturated heterocycles. The second kappa shape index (κ2) is 5.99. The minimum absolute atomic E-state index is 0.0858. The Kier molecular flexibility index (Phi) is 4.62. The molecule has 0 unspecified atom stereocenters. The van der Waals surface area contributed by atoms with Crippen LogP contribution in [0.25, 0.3) is 0 Å². The van der Waals surface area contributed by atoms with Gasteiger partial charge in [-0.1, -0.05) is 12.8 Å². The maximum Gasteiger partial charge on any atom is 0.0695 e. The summed E-state index contributed by atoms with van der Waals surface area (Å²) in [5.41, 5.74) is 0. The highest BCUT2D eigenvalue weighted by molar-refractivity contribution is 4.82.